The van der Waals surface area contributed by atoms with E-state index in [-0.39, 0.29) is 63.3 Å². The van der Waals surface area contributed by atoms with Gasteiger partial charge in [-0.3, -0.25) is 9.59 Å². The van der Waals surface area contributed by atoms with Gasteiger partial charge < -0.3 is 58.2 Å². The van der Waals surface area contributed by atoms with E-state index in [1.807, 2.05) is 125 Å². The van der Waals surface area contributed by atoms with Crippen LogP contribution in [0.1, 0.15) is 90.6 Å². The average Bonchev–Trinajstić information content (AvgIpc) is 4.03. The summed E-state index contributed by atoms with van der Waals surface area (Å²) < 4.78 is 32.1. The van der Waals surface area contributed by atoms with Gasteiger partial charge in [0.1, 0.15) is 48.8 Å². The molecule has 0 radical (unpaired) electrons. The summed E-state index contributed by atoms with van der Waals surface area (Å²) in [6.45, 7) is 31.5. The summed E-state index contributed by atoms with van der Waals surface area (Å²) in [5.74, 6) is 6.83. The molecule has 438 valence electrons. The Morgan fingerprint density at radius 3 is 1.81 bits per heavy atom. The van der Waals surface area contributed by atoms with E-state index in [0.29, 0.717) is 43.5 Å². The van der Waals surface area contributed by atoms with Gasteiger partial charge >= 0.3 is 18.3 Å². The van der Waals surface area contributed by atoms with Crippen LogP contribution in [0.25, 0.3) is 22.5 Å². The summed E-state index contributed by atoms with van der Waals surface area (Å²) in [6, 6.07) is 15.3. The molecule has 0 bridgehead atoms. The molecular weight excluding hydrogens is 1050 g/mol. The van der Waals surface area contributed by atoms with E-state index in [4.69, 9.17) is 33.7 Å². The van der Waals surface area contributed by atoms with Crippen LogP contribution in [0, 0.1) is 23.7 Å². The third-order valence-electron chi connectivity index (χ3n) is 13.4. The van der Waals surface area contributed by atoms with E-state index >= 15 is 0 Å². The number of hydrogen-bond donors (Lipinski definition) is 2. The summed E-state index contributed by atoms with van der Waals surface area (Å²) in [5.41, 5.74) is 4.05. The topological polar surface area (TPSA) is 201 Å². The molecule has 3 atom stereocenters. The summed E-state index contributed by atoms with van der Waals surface area (Å²) >= 11 is 0. The van der Waals surface area contributed by atoms with Crippen molar-refractivity contribution in [2.75, 3.05) is 53.6 Å². The molecule has 19 nitrogen and oxygen atoms in total. The highest BCUT2D eigenvalue weighted by atomic mass is 28.3. The van der Waals surface area contributed by atoms with Gasteiger partial charge in [-0.2, -0.15) is 0 Å². The molecule has 21 heteroatoms. The number of nitrogens with one attached hydrogen (secondary N) is 2. The lowest BCUT2D eigenvalue weighted by Gasteiger charge is -2.42. The second kappa shape index (κ2) is 28.8. The van der Waals surface area contributed by atoms with Crippen molar-refractivity contribution >= 4 is 46.2 Å². The number of carbonyl (C=O) groups excluding carboxylic acids is 5. The highest BCUT2D eigenvalue weighted by molar-refractivity contribution is 6.76. The number of piperazine rings is 1. The maximum atomic E-state index is 14.6. The van der Waals surface area contributed by atoms with E-state index in [2.05, 4.69) is 61.8 Å². The summed E-state index contributed by atoms with van der Waals surface area (Å²) in [5, 5.41) is 5.45. The molecule has 0 aliphatic carbocycles. The van der Waals surface area contributed by atoms with Gasteiger partial charge in [-0.1, -0.05) is 110 Å². The first-order valence-electron chi connectivity index (χ1n) is 27.9. The van der Waals surface area contributed by atoms with Gasteiger partial charge in [-0.05, 0) is 80.9 Å². The Morgan fingerprint density at radius 1 is 0.762 bits per heavy atom. The van der Waals surface area contributed by atoms with Crippen LogP contribution in [0.3, 0.4) is 0 Å². The number of hydrogen-bond acceptors (Lipinski definition) is 12. The van der Waals surface area contributed by atoms with Gasteiger partial charge in [0.05, 0.1) is 44.9 Å². The van der Waals surface area contributed by atoms with Crippen LogP contribution in [0.4, 0.5) is 14.4 Å². The van der Waals surface area contributed by atoms with Gasteiger partial charge in [-0.25, -0.2) is 24.4 Å². The second-order valence-corrected chi connectivity index (χ2v) is 35.7. The molecule has 3 heterocycles. The van der Waals surface area contributed by atoms with Crippen LogP contribution in [0.2, 0.25) is 51.4 Å². The zero-order valence-electron chi connectivity index (χ0n) is 50.4. The summed E-state index contributed by atoms with van der Waals surface area (Å²) in [7, 11) is -0.247. The number of aromatic nitrogens is 4. The smallest absolute Gasteiger partial charge is 0.410 e. The number of amides is 5. The molecular formula is C59H89N9O10Si2. The third kappa shape index (κ3) is 19.1. The first-order chi connectivity index (χ1) is 37.6. The van der Waals surface area contributed by atoms with E-state index in [1.54, 1.807) is 14.7 Å². The van der Waals surface area contributed by atoms with Crippen molar-refractivity contribution in [3.8, 4) is 34.4 Å². The van der Waals surface area contributed by atoms with Gasteiger partial charge in [0.15, 0.2) is 0 Å². The molecule has 1 fully saturated rings. The molecule has 2 aromatic carbocycles. The van der Waals surface area contributed by atoms with Crippen LogP contribution in [-0.4, -0.2) is 151 Å². The second-order valence-electron chi connectivity index (χ2n) is 24.5. The average molecular weight is 1140 g/mol. The van der Waals surface area contributed by atoms with Crippen LogP contribution in [-0.2, 0) is 53.3 Å². The quantitative estimate of drug-likeness (QED) is 0.0309. The van der Waals surface area contributed by atoms with E-state index in [1.165, 1.54) is 14.2 Å². The fraction of sp³-hybridized carbons (Fsp3) is 0.576. The third-order valence-corrected chi connectivity index (χ3v) is 16.8. The van der Waals surface area contributed by atoms with Crippen molar-refractivity contribution in [1.29, 1.82) is 0 Å². The SMILES string of the molecule is CCCN(Cc1ncc(-c2ccc(C#Cc3ccc(-c4cn(COCC[Si](C)(C)C)c([C@@H]5CN(C(=O)OC(C)(C)C)CCN5C(=O)[C@@H](NC(=O)OC)C(C)C)n4)cc3)cc2)n1COCC[Si](C)(C)C)C(=O)[C@@H](NC(=O)OC)C(C)C. The summed E-state index contributed by atoms with van der Waals surface area (Å²) in [4.78, 5) is 81.9. The van der Waals surface area contributed by atoms with Gasteiger partial charge in [0.25, 0.3) is 0 Å². The van der Waals surface area contributed by atoms with Crippen LogP contribution < -0.4 is 10.6 Å². The van der Waals surface area contributed by atoms with E-state index in [0.717, 1.165) is 40.0 Å². The Balaban J connectivity index is 1.44. The monoisotopic (exact) mass is 1140 g/mol. The molecule has 0 unspecified atom stereocenters. The largest absolute Gasteiger partial charge is 0.453 e. The predicted molar refractivity (Wildman–Crippen MR) is 316 cm³/mol. The lowest BCUT2D eigenvalue weighted by Crippen LogP contribution is -2.59. The highest BCUT2D eigenvalue weighted by Gasteiger charge is 2.41. The minimum Gasteiger partial charge on any atom is -0.453 e. The van der Waals surface area contributed by atoms with E-state index < -0.39 is 58.2 Å². The fourth-order valence-corrected chi connectivity index (χ4v) is 10.3. The first-order valence-corrected chi connectivity index (χ1v) is 35.3. The number of ether oxygens (including phenoxy) is 5. The molecule has 5 rings (SSSR count). The van der Waals surface area contributed by atoms with Crippen molar-refractivity contribution in [2.45, 2.75) is 157 Å². The number of carbonyl (C=O) groups is 5. The van der Waals surface area contributed by atoms with Crippen molar-refractivity contribution in [2.24, 2.45) is 11.8 Å². The van der Waals surface area contributed by atoms with Gasteiger partial charge in [-0.15, -0.1) is 0 Å². The molecule has 1 aliphatic heterocycles. The van der Waals surface area contributed by atoms with Crippen molar-refractivity contribution in [1.82, 2.24) is 44.4 Å². The van der Waals surface area contributed by atoms with Crippen LogP contribution in [0.15, 0.2) is 60.9 Å². The number of alkyl carbamates (subject to hydrolysis) is 2. The predicted octanol–water partition coefficient (Wildman–Crippen LogP) is 10.1. The Kier molecular flexibility index (Phi) is 23.2. The Hall–Kier alpha value is -6.48. The zero-order chi connectivity index (χ0) is 59.1. The van der Waals surface area contributed by atoms with Crippen molar-refractivity contribution < 1.29 is 47.7 Å². The lowest BCUT2D eigenvalue weighted by molar-refractivity contribution is -0.140. The Bertz CT molecular complexity index is 2770. The van der Waals surface area contributed by atoms with Crippen molar-refractivity contribution in [3.63, 3.8) is 0 Å². The number of benzene rings is 2. The fourth-order valence-electron chi connectivity index (χ4n) is 8.76. The molecule has 5 amide bonds. The number of nitrogens with zero attached hydrogens (tertiary/aromatic N) is 7. The minimum absolute atomic E-state index is 0.0975. The van der Waals surface area contributed by atoms with E-state index in [9.17, 15) is 24.0 Å². The molecule has 1 saturated heterocycles. The molecule has 80 heavy (non-hydrogen) atoms. The Morgan fingerprint density at radius 2 is 1.30 bits per heavy atom. The maximum Gasteiger partial charge on any atom is 0.410 e. The summed E-state index contributed by atoms with van der Waals surface area (Å²) in [6.07, 6.45) is 2.57. The zero-order valence-corrected chi connectivity index (χ0v) is 52.4. The van der Waals surface area contributed by atoms with Crippen LogP contribution in [0.5, 0.6) is 0 Å². The normalized spacial score (nSPS) is 14.8. The minimum atomic E-state index is -1.42. The standard InChI is InChI=1S/C59H89N9O10Si2/c1-17-28-64(54(69)51(41(2)3)62-56(71)74-9)38-50-60-35-48(68(50)40-77-32-34-80(14,15)16)46-26-22-44(23-27-46)19-18-43-20-24-45(25-21-43)47-36-66(39-76-31-33-79(11,12)13)53(61-47)49-37-65(58(73)78-59(6,7)8)29-30-67(49)55(70)52(42(4)5)63-57(72)75-10/h20-27,35-36,41-42,49,51-52H,17,28-34,37-40H2,1-16H3,(H,62,71)(H,63,72)/t49-,51-,52-/m0/s1. The number of imidazole rings is 2. The first kappa shape index (κ1) is 64.3. The molecule has 2 N–H and O–H groups in total. The Labute approximate surface area is 476 Å². The van der Waals surface area contributed by atoms with Crippen LogP contribution >= 0.6 is 0 Å². The molecule has 0 saturated carbocycles. The van der Waals surface area contributed by atoms with Gasteiger partial charge in [0, 0.05) is 71.9 Å². The van der Waals surface area contributed by atoms with Gasteiger partial charge in [0.2, 0.25) is 11.8 Å². The molecule has 2 aromatic heterocycles. The molecule has 1 aliphatic rings. The number of rotatable bonds is 23. The molecule has 4 aromatic rings. The molecule has 0 spiro atoms. The maximum absolute atomic E-state index is 14.6. The lowest BCUT2D eigenvalue weighted by atomic mass is 10.0. The van der Waals surface area contributed by atoms with Crippen molar-refractivity contribution in [3.05, 3.63) is 83.7 Å². The number of methoxy groups -OCH3 is 2. The highest BCUT2D eigenvalue weighted by Crippen LogP contribution is 2.32.